The quantitative estimate of drug-likeness (QED) is 0.623. The van der Waals surface area contributed by atoms with Crippen LogP contribution in [0.2, 0.25) is 0 Å². The van der Waals surface area contributed by atoms with Crippen LogP contribution in [0.15, 0.2) is 30.7 Å². The Labute approximate surface area is 124 Å². The third kappa shape index (κ3) is 4.24. The van der Waals surface area contributed by atoms with Crippen LogP contribution < -0.4 is 10.6 Å². The fraction of sp³-hybridized carbons (Fsp3) is 0.333. The Morgan fingerprint density at radius 2 is 2.10 bits per heavy atom. The van der Waals surface area contributed by atoms with Crippen LogP contribution >= 0.6 is 0 Å². The van der Waals surface area contributed by atoms with Crippen molar-refractivity contribution in [2.45, 2.75) is 26.8 Å². The molecule has 6 nitrogen and oxygen atoms in total. The Kier molecular flexibility index (Phi) is 4.81. The van der Waals surface area contributed by atoms with E-state index in [2.05, 4.69) is 19.9 Å². The Morgan fingerprint density at radius 3 is 2.71 bits per heavy atom. The first-order chi connectivity index (χ1) is 10.1. The summed E-state index contributed by atoms with van der Waals surface area (Å²) in [7, 11) is 0. The Hall–Kier alpha value is -2.50. The standard InChI is InChI=1S/C15H20N6/c1-11-12(2)20-15(9-19-11)21(7-5-14(16)17)10-13-4-3-6-18-8-13/h3-4,6,8-9H,5,7,10H2,1-2H3,(H3,16,17). The number of rotatable bonds is 6. The summed E-state index contributed by atoms with van der Waals surface area (Å²) in [6.45, 7) is 5.17. The molecule has 0 aliphatic rings. The highest BCUT2D eigenvalue weighted by atomic mass is 15.2. The largest absolute Gasteiger partial charge is 0.388 e. The summed E-state index contributed by atoms with van der Waals surface area (Å²) in [5.41, 5.74) is 8.39. The van der Waals surface area contributed by atoms with Crippen molar-refractivity contribution in [3.8, 4) is 0 Å². The van der Waals surface area contributed by atoms with Crippen molar-refractivity contribution >= 4 is 11.7 Å². The van der Waals surface area contributed by atoms with Gasteiger partial charge in [0, 0.05) is 31.9 Å². The van der Waals surface area contributed by atoms with Crippen molar-refractivity contribution in [1.29, 1.82) is 5.41 Å². The number of aromatic nitrogens is 3. The van der Waals surface area contributed by atoms with Gasteiger partial charge in [0.05, 0.1) is 23.4 Å². The lowest BCUT2D eigenvalue weighted by molar-refractivity contribution is 0.775. The molecule has 0 fully saturated rings. The van der Waals surface area contributed by atoms with Gasteiger partial charge in [0.1, 0.15) is 5.82 Å². The highest BCUT2D eigenvalue weighted by Crippen LogP contribution is 2.15. The van der Waals surface area contributed by atoms with Crippen LogP contribution in [-0.2, 0) is 6.54 Å². The van der Waals surface area contributed by atoms with Gasteiger partial charge in [0.2, 0.25) is 0 Å². The predicted octanol–water partition coefficient (Wildman–Crippen LogP) is 1.82. The minimum absolute atomic E-state index is 0.169. The van der Waals surface area contributed by atoms with E-state index in [9.17, 15) is 0 Å². The normalized spacial score (nSPS) is 10.4. The molecule has 0 amide bonds. The second kappa shape index (κ2) is 6.78. The summed E-state index contributed by atoms with van der Waals surface area (Å²) in [4.78, 5) is 15.1. The van der Waals surface area contributed by atoms with Gasteiger partial charge in [-0.3, -0.25) is 15.4 Å². The smallest absolute Gasteiger partial charge is 0.147 e. The maximum Gasteiger partial charge on any atom is 0.147 e. The molecule has 21 heavy (non-hydrogen) atoms. The summed E-state index contributed by atoms with van der Waals surface area (Å²) in [6, 6.07) is 3.92. The number of hydrogen-bond donors (Lipinski definition) is 2. The summed E-state index contributed by atoms with van der Waals surface area (Å²) >= 11 is 0. The van der Waals surface area contributed by atoms with Gasteiger partial charge >= 0.3 is 0 Å². The summed E-state index contributed by atoms with van der Waals surface area (Å²) in [6.07, 6.45) is 5.84. The molecule has 0 atom stereocenters. The molecule has 0 saturated carbocycles. The number of nitrogens with two attached hydrogens (primary N) is 1. The highest BCUT2D eigenvalue weighted by Gasteiger charge is 2.11. The minimum Gasteiger partial charge on any atom is -0.388 e. The zero-order chi connectivity index (χ0) is 15.2. The SMILES string of the molecule is Cc1ncc(N(CCC(=N)N)Cc2cccnc2)nc1C. The van der Waals surface area contributed by atoms with Crippen molar-refractivity contribution in [3.05, 3.63) is 47.7 Å². The molecule has 0 aliphatic heterocycles. The minimum atomic E-state index is 0.169. The van der Waals surface area contributed by atoms with Crippen LogP contribution in [0.5, 0.6) is 0 Å². The van der Waals surface area contributed by atoms with Crippen molar-refractivity contribution in [1.82, 2.24) is 15.0 Å². The third-order valence-electron chi connectivity index (χ3n) is 3.25. The molecule has 2 aromatic heterocycles. The Balaban J connectivity index is 2.22. The van der Waals surface area contributed by atoms with Gasteiger partial charge in [-0.25, -0.2) is 4.98 Å². The zero-order valence-corrected chi connectivity index (χ0v) is 12.4. The number of nitrogens with one attached hydrogen (secondary N) is 1. The van der Waals surface area contributed by atoms with E-state index in [4.69, 9.17) is 11.1 Å². The van der Waals surface area contributed by atoms with Crippen LogP contribution in [0, 0.1) is 19.3 Å². The van der Waals surface area contributed by atoms with Crippen LogP contribution in [0.4, 0.5) is 5.82 Å². The molecule has 3 N–H and O–H groups in total. The molecule has 0 spiro atoms. The molecule has 6 heteroatoms. The maximum atomic E-state index is 7.41. The van der Waals surface area contributed by atoms with Gasteiger partial charge in [-0.2, -0.15) is 0 Å². The fourth-order valence-electron chi connectivity index (χ4n) is 1.92. The lowest BCUT2D eigenvalue weighted by Gasteiger charge is -2.23. The first kappa shape index (κ1) is 14.9. The molecule has 0 aromatic carbocycles. The molecule has 0 saturated heterocycles. The van der Waals surface area contributed by atoms with E-state index in [0.29, 0.717) is 19.5 Å². The van der Waals surface area contributed by atoms with Crippen LogP contribution in [0.1, 0.15) is 23.4 Å². The molecule has 2 heterocycles. The maximum absolute atomic E-state index is 7.41. The van der Waals surface area contributed by atoms with E-state index >= 15 is 0 Å². The zero-order valence-electron chi connectivity index (χ0n) is 12.4. The van der Waals surface area contributed by atoms with Crippen LogP contribution in [0.3, 0.4) is 0 Å². The Morgan fingerprint density at radius 1 is 1.29 bits per heavy atom. The first-order valence-electron chi connectivity index (χ1n) is 6.83. The first-order valence-corrected chi connectivity index (χ1v) is 6.83. The molecule has 2 aromatic rings. The highest BCUT2D eigenvalue weighted by molar-refractivity contribution is 5.77. The van der Waals surface area contributed by atoms with Crippen LogP contribution in [0.25, 0.3) is 0 Å². The number of aryl methyl sites for hydroxylation is 2. The molecule has 0 bridgehead atoms. The summed E-state index contributed by atoms with van der Waals surface area (Å²) in [5, 5.41) is 7.41. The molecular weight excluding hydrogens is 264 g/mol. The van der Waals surface area contributed by atoms with Crippen molar-refractivity contribution in [2.24, 2.45) is 5.73 Å². The molecule has 0 unspecified atom stereocenters. The van der Waals surface area contributed by atoms with Gasteiger partial charge in [0.15, 0.2) is 0 Å². The molecule has 2 rings (SSSR count). The van der Waals surface area contributed by atoms with Gasteiger partial charge in [0.25, 0.3) is 0 Å². The summed E-state index contributed by atoms with van der Waals surface area (Å²) < 4.78 is 0. The Bertz CT molecular complexity index is 611. The second-order valence-corrected chi connectivity index (χ2v) is 4.96. The molecular formula is C15H20N6. The average Bonchev–Trinajstić information content (AvgIpc) is 2.47. The predicted molar refractivity (Wildman–Crippen MR) is 83.3 cm³/mol. The number of hydrogen-bond acceptors (Lipinski definition) is 5. The third-order valence-corrected chi connectivity index (χ3v) is 3.25. The monoisotopic (exact) mass is 284 g/mol. The summed E-state index contributed by atoms with van der Waals surface area (Å²) in [5.74, 6) is 0.964. The van der Waals surface area contributed by atoms with E-state index in [-0.39, 0.29) is 5.84 Å². The second-order valence-electron chi connectivity index (χ2n) is 4.96. The van der Waals surface area contributed by atoms with Crippen molar-refractivity contribution < 1.29 is 0 Å². The lowest BCUT2D eigenvalue weighted by atomic mass is 10.2. The van der Waals surface area contributed by atoms with Crippen molar-refractivity contribution in [2.75, 3.05) is 11.4 Å². The van der Waals surface area contributed by atoms with E-state index in [1.54, 1.807) is 12.4 Å². The van der Waals surface area contributed by atoms with Gasteiger partial charge < -0.3 is 10.6 Å². The molecule has 0 aliphatic carbocycles. The number of nitrogens with zero attached hydrogens (tertiary/aromatic N) is 4. The number of anilines is 1. The number of pyridine rings is 1. The van der Waals surface area contributed by atoms with Gasteiger partial charge in [-0.1, -0.05) is 6.07 Å². The van der Waals surface area contributed by atoms with Crippen LogP contribution in [-0.4, -0.2) is 27.3 Å². The topological polar surface area (TPSA) is 91.8 Å². The average molecular weight is 284 g/mol. The molecule has 110 valence electrons. The van der Waals surface area contributed by atoms with Gasteiger partial charge in [-0.15, -0.1) is 0 Å². The molecule has 0 radical (unpaired) electrons. The van der Waals surface area contributed by atoms with Crippen molar-refractivity contribution in [3.63, 3.8) is 0 Å². The van der Waals surface area contributed by atoms with Gasteiger partial charge in [-0.05, 0) is 25.5 Å². The van der Waals surface area contributed by atoms with E-state index in [0.717, 1.165) is 22.8 Å². The van der Waals surface area contributed by atoms with E-state index in [1.165, 1.54) is 0 Å². The van der Waals surface area contributed by atoms with E-state index in [1.807, 2.05) is 32.2 Å². The van der Waals surface area contributed by atoms with E-state index < -0.39 is 0 Å². The lowest BCUT2D eigenvalue weighted by Crippen LogP contribution is -2.28. The number of amidine groups is 1. The fourth-order valence-corrected chi connectivity index (χ4v) is 1.92.